The van der Waals surface area contributed by atoms with E-state index in [0.717, 1.165) is 0 Å². The van der Waals surface area contributed by atoms with Gasteiger partial charge in [-0.25, -0.2) is 4.57 Å². The van der Waals surface area contributed by atoms with Crippen LogP contribution in [-0.4, -0.2) is 43.8 Å². The molecular formula is C6H15O5PS. The van der Waals surface area contributed by atoms with Crippen molar-refractivity contribution in [3.8, 4) is 0 Å². The number of phosphoric ester groups is 1. The monoisotopic (exact) mass is 230 g/mol. The molecule has 0 aromatic carbocycles. The van der Waals surface area contributed by atoms with Crippen LogP contribution >= 0.6 is 19.6 Å². The normalized spacial score (nSPS) is 15.6. The number of methoxy groups -OCH3 is 1. The molecule has 0 aliphatic rings. The summed E-state index contributed by atoms with van der Waals surface area (Å²) in [7, 11) is -2.36. The highest BCUT2D eigenvalue weighted by Crippen LogP contribution is 2.42. The largest absolute Gasteiger partial charge is 0.472 e. The Morgan fingerprint density at radius 3 is 2.46 bits per heavy atom. The summed E-state index contributed by atoms with van der Waals surface area (Å²) in [6.07, 6.45) is 1.89. The molecular weight excluding hydrogens is 215 g/mol. The first-order valence-corrected chi connectivity index (χ1v) is 6.61. The molecule has 1 atom stereocenters. The maximum Gasteiger partial charge on any atom is 0.472 e. The van der Waals surface area contributed by atoms with Crippen molar-refractivity contribution < 1.29 is 23.2 Å². The molecule has 1 N–H and O–H groups in total. The van der Waals surface area contributed by atoms with Gasteiger partial charge in [0.1, 0.15) is 0 Å². The van der Waals surface area contributed by atoms with Crippen LogP contribution in [0.5, 0.6) is 0 Å². The number of phosphoric acid groups is 1. The average molecular weight is 230 g/mol. The summed E-state index contributed by atoms with van der Waals surface area (Å²) < 4.78 is 24.9. The lowest BCUT2D eigenvalue weighted by Crippen LogP contribution is -2.03. The smallest absolute Gasteiger partial charge is 0.382 e. The maximum atomic E-state index is 11.0. The van der Waals surface area contributed by atoms with Gasteiger partial charge >= 0.3 is 7.82 Å². The third-order valence-electron chi connectivity index (χ3n) is 1.08. The molecule has 0 radical (unpaired) electrons. The number of hydrogen-bond donors (Lipinski definition) is 1. The quantitative estimate of drug-likeness (QED) is 0.498. The van der Waals surface area contributed by atoms with Crippen molar-refractivity contribution in [2.45, 2.75) is 0 Å². The highest BCUT2D eigenvalue weighted by atomic mass is 32.2. The fourth-order valence-corrected chi connectivity index (χ4v) is 1.58. The molecule has 0 amide bonds. The molecule has 0 aliphatic heterocycles. The molecule has 0 rings (SSSR count). The van der Waals surface area contributed by atoms with Crippen LogP contribution in [0, 0.1) is 0 Å². The Balaban J connectivity index is 3.49. The Bertz CT molecular complexity index is 151. The van der Waals surface area contributed by atoms with E-state index in [1.807, 2.05) is 6.26 Å². The maximum absolute atomic E-state index is 11.0. The van der Waals surface area contributed by atoms with Gasteiger partial charge in [-0.05, 0) is 6.26 Å². The van der Waals surface area contributed by atoms with Gasteiger partial charge in [0.2, 0.25) is 0 Å². The lowest BCUT2D eigenvalue weighted by molar-refractivity contribution is 0.106. The van der Waals surface area contributed by atoms with Gasteiger partial charge in [-0.1, -0.05) is 0 Å². The van der Waals surface area contributed by atoms with Gasteiger partial charge in [0.25, 0.3) is 0 Å². The lowest BCUT2D eigenvalue weighted by atomic mass is 10.8. The molecule has 0 aliphatic carbocycles. The molecule has 0 saturated heterocycles. The Labute approximate surface area is 82.4 Å². The fraction of sp³-hybridized carbons (Fsp3) is 1.00. The Morgan fingerprint density at radius 2 is 1.92 bits per heavy atom. The predicted octanol–water partition coefficient (Wildman–Crippen LogP) is 1.13. The van der Waals surface area contributed by atoms with Crippen molar-refractivity contribution >= 4 is 19.6 Å². The molecule has 0 bridgehead atoms. The minimum absolute atomic E-state index is 0.0591. The Hall–Kier alpha value is 0.420. The van der Waals surface area contributed by atoms with Crippen LogP contribution in [0.1, 0.15) is 0 Å². The van der Waals surface area contributed by atoms with Crippen molar-refractivity contribution in [3.63, 3.8) is 0 Å². The Kier molecular flexibility index (Phi) is 8.04. The highest BCUT2D eigenvalue weighted by Gasteiger charge is 2.19. The van der Waals surface area contributed by atoms with E-state index in [2.05, 4.69) is 13.8 Å². The number of thioether (sulfide) groups is 1. The van der Waals surface area contributed by atoms with Crippen molar-refractivity contribution in [1.82, 2.24) is 0 Å². The second kappa shape index (κ2) is 7.79. The summed E-state index contributed by atoms with van der Waals surface area (Å²) >= 11 is 1.53. The third kappa shape index (κ3) is 8.74. The van der Waals surface area contributed by atoms with E-state index in [-0.39, 0.29) is 19.8 Å². The van der Waals surface area contributed by atoms with E-state index in [1.54, 1.807) is 0 Å². The van der Waals surface area contributed by atoms with Crippen LogP contribution in [0.15, 0.2) is 0 Å². The standard InChI is InChI=1S/C6H15O5PS/c1-9-3-4-10-12(7,8)11-5-6-13-2/h3-6H2,1-2H3,(H,7,8). The second-order valence-corrected chi connectivity index (χ2v) is 4.56. The topological polar surface area (TPSA) is 65.0 Å². The van der Waals surface area contributed by atoms with Crippen LogP contribution in [0.2, 0.25) is 0 Å². The zero-order valence-electron chi connectivity index (χ0n) is 7.76. The molecule has 80 valence electrons. The molecule has 1 unspecified atom stereocenters. The van der Waals surface area contributed by atoms with Crippen LogP contribution in [0.25, 0.3) is 0 Å². The van der Waals surface area contributed by atoms with Gasteiger partial charge < -0.3 is 9.63 Å². The second-order valence-electron chi connectivity index (χ2n) is 2.12. The summed E-state index contributed by atoms with van der Waals surface area (Å²) in [5.74, 6) is 0.665. The van der Waals surface area contributed by atoms with E-state index in [9.17, 15) is 4.57 Å². The minimum atomic E-state index is -3.85. The first-order valence-electron chi connectivity index (χ1n) is 3.72. The summed E-state index contributed by atoms with van der Waals surface area (Å²) in [6, 6.07) is 0. The summed E-state index contributed by atoms with van der Waals surface area (Å²) in [6.45, 7) is 0.544. The molecule has 5 nitrogen and oxygen atoms in total. The van der Waals surface area contributed by atoms with E-state index in [1.165, 1.54) is 18.9 Å². The molecule has 0 heterocycles. The van der Waals surface area contributed by atoms with Crippen molar-refractivity contribution in [3.05, 3.63) is 0 Å². The van der Waals surface area contributed by atoms with Gasteiger partial charge in [-0.3, -0.25) is 9.05 Å². The van der Waals surface area contributed by atoms with E-state index in [0.29, 0.717) is 5.75 Å². The average Bonchev–Trinajstić information content (AvgIpc) is 2.05. The third-order valence-corrected chi connectivity index (χ3v) is 2.68. The van der Waals surface area contributed by atoms with Gasteiger partial charge in [0, 0.05) is 12.9 Å². The van der Waals surface area contributed by atoms with Crippen LogP contribution in [-0.2, 0) is 18.3 Å². The van der Waals surface area contributed by atoms with Crippen molar-refractivity contribution in [1.29, 1.82) is 0 Å². The van der Waals surface area contributed by atoms with Crippen molar-refractivity contribution in [2.75, 3.05) is 38.9 Å². The first-order chi connectivity index (χ1) is 6.12. The van der Waals surface area contributed by atoms with Gasteiger partial charge in [0.05, 0.1) is 19.8 Å². The number of hydrogen-bond acceptors (Lipinski definition) is 5. The first kappa shape index (κ1) is 13.4. The molecule has 0 saturated carbocycles. The van der Waals surface area contributed by atoms with E-state index in [4.69, 9.17) is 4.89 Å². The molecule has 7 heteroatoms. The summed E-state index contributed by atoms with van der Waals surface area (Å²) in [5, 5.41) is 0. The highest BCUT2D eigenvalue weighted by molar-refractivity contribution is 7.98. The van der Waals surface area contributed by atoms with Gasteiger partial charge in [-0.2, -0.15) is 11.8 Å². The molecule has 13 heavy (non-hydrogen) atoms. The molecule has 0 aromatic rings. The summed E-state index contributed by atoms with van der Waals surface area (Å²) in [5.41, 5.74) is 0. The van der Waals surface area contributed by atoms with Gasteiger partial charge in [-0.15, -0.1) is 0 Å². The molecule has 0 aromatic heterocycles. The molecule has 0 spiro atoms. The number of rotatable bonds is 8. The van der Waals surface area contributed by atoms with E-state index < -0.39 is 7.82 Å². The predicted molar refractivity (Wildman–Crippen MR) is 52.0 cm³/mol. The minimum Gasteiger partial charge on any atom is -0.382 e. The van der Waals surface area contributed by atoms with E-state index >= 15 is 0 Å². The SMILES string of the molecule is COCCOP(=O)(O)OCCSC. The molecule has 0 fully saturated rings. The van der Waals surface area contributed by atoms with Crippen LogP contribution in [0.3, 0.4) is 0 Å². The number of ether oxygens (including phenoxy) is 1. The zero-order chi connectivity index (χ0) is 10.2. The van der Waals surface area contributed by atoms with Crippen molar-refractivity contribution in [2.24, 2.45) is 0 Å². The lowest BCUT2D eigenvalue weighted by Gasteiger charge is -2.10. The van der Waals surface area contributed by atoms with Crippen LogP contribution < -0.4 is 0 Å². The zero-order valence-corrected chi connectivity index (χ0v) is 9.48. The van der Waals surface area contributed by atoms with Gasteiger partial charge in [0.15, 0.2) is 0 Å². The summed E-state index contributed by atoms with van der Waals surface area (Å²) in [4.78, 5) is 9.01. The van der Waals surface area contributed by atoms with Crippen LogP contribution in [0.4, 0.5) is 0 Å². The fourth-order valence-electron chi connectivity index (χ4n) is 0.509. The Morgan fingerprint density at radius 1 is 1.31 bits per heavy atom.